The summed E-state index contributed by atoms with van der Waals surface area (Å²) in [5.74, 6) is 0.348. The first-order valence-corrected chi connectivity index (χ1v) is 12.4. The van der Waals surface area contributed by atoms with E-state index in [4.69, 9.17) is 11.6 Å². The molecule has 2 aromatic rings. The number of benzene rings is 2. The molecular formula is C21H25ClN2O3S2. The summed E-state index contributed by atoms with van der Waals surface area (Å²) in [6.07, 6.45) is 1.39. The largest absolute Gasteiger partial charge is 0.355 e. The predicted octanol–water partition coefficient (Wildman–Crippen LogP) is 3.96. The van der Waals surface area contributed by atoms with Crippen molar-refractivity contribution in [1.82, 2.24) is 9.62 Å². The molecule has 2 aromatic carbocycles. The third-order valence-corrected chi connectivity index (χ3v) is 8.04. The van der Waals surface area contributed by atoms with Crippen LogP contribution < -0.4 is 5.32 Å². The molecule has 1 N–H and O–H groups in total. The van der Waals surface area contributed by atoms with E-state index in [1.807, 2.05) is 31.2 Å². The Labute approximate surface area is 181 Å². The Morgan fingerprint density at radius 1 is 1.17 bits per heavy atom. The summed E-state index contributed by atoms with van der Waals surface area (Å²) in [6, 6.07) is 14.4. The van der Waals surface area contributed by atoms with Crippen molar-refractivity contribution in [3.63, 3.8) is 0 Å². The van der Waals surface area contributed by atoms with Gasteiger partial charge in [0.25, 0.3) is 0 Å². The molecule has 1 aliphatic heterocycles. The van der Waals surface area contributed by atoms with Crippen LogP contribution in [-0.4, -0.2) is 44.0 Å². The molecule has 1 heterocycles. The van der Waals surface area contributed by atoms with E-state index in [2.05, 4.69) is 5.32 Å². The Hall–Kier alpha value is -1.54. The summed E-state index contributed by atoms with van der Waals surface area (Å²) in [7, 11) is -3.57. The number of hydrogen-bond acceptors (Lipinski definition) is 4. The molecule has 0 saturated carbocycles. The van der Waals surface area contributed by atoms with Gasteiger partial charge in [-0.2, -0.15) is 4.31 Å². The molecule has 3 rings (SSSR count). The fourth-order valence-corrected chi connectivity index (χ4v) is 5.67. The number of piperidine rings is 1. The molecular weight excluding hydrogens is 428 g/mol. The van der Waals surface area contributed by atoms with Crippen LogP contribution in [0.4, 0.5) is 0 Å². The van der Waals surface area contributed by atoms with Gasteiger partial charge in [-0.3, -0.25) is 4.79 Å². The van der Waals surface area contributed by atoms with Crippen LogP contribution in [-0.2, 0) is 14.8 Å². The van der Waals surface area contributed by atoms with Gasteiger partial charge in [-0.1, -0.05) is 29.3 Å². The Morgan fingerprint density at radius 2 is 1.86 bits per heavy atom. The maximum Gasteiger partial charge on any atom is 0.243 e. The van der Waals surface area contributed by atoms with E-state index in [0.29, 0.717) is 31.0 Å². The second-order valence-electron chi connectivity index (χ2n) is 7.11. The highest BCUT2D eigenvalue weighted by atomic mass is 35.5. The van der Waals surface area contributed by atoms with E-state index in [1.165, 1.54) is 4.31 Å². The average Bonchev–Trinajstić information content (AvgIpc) is 2.73. The number of nitrogens with zero attached hydrogens (tertiary/aromatic N) is 1. The van der Waals surface area contributed by atoms with Crippen molar-refractivity contribution >= 4 is 39.3 Å². The zero-order chi connectivity index (χ0) is 20.9. The highest BCUT2D eigenvalue weighted by Gasteiger charge is 2.33. The Bertz CT molecular complexity index is 931. The summed E-state index contributed by atoms with van der Waals surface area (Å²) in [6.45, 7) is 3.13. The fourth-order valence-electron chi connectivity index (χ4n) is 3.25. The van der Waals surface area contributed by atoms with Crippen molar-refractivity contribution in [3.8, 4) is 0 Å². The number of nitrogens with one attached hydrogen (secondary N) is 1. The molecule has 0 aliphatic carbocycles. The van der Waals surface area contributed by atoms with Gasteiger partial charge < -0.3 is 5.32 Å². The maximum absolute atomic E-state index is 12.9. The molecule has 1 atom stereocenters. The minimum absolute atomic E-state index is 0.0782. The van der Waals surface area contributed by atoms with Gasteiger partial charge in [-0.25, -0.2) is 8.42 Å². The topological polar surface area (TPSA) is 66.5 Å². The molecule has 8 heteroatoms. The lowest BCUT2D eigenvalue weighted by molar-refractivity contribution is -0.125. The summed E-state index contributed by atoms with van der Waals surface area (Å²) >= 11 is 7.52. The van der Waals surface area contributed by atoms with Crippen LogP contribution in [0.25, 0.3) is 0 Å². The van der Waals surface area contributed by atoms with Crippen molar-refractivity contribution in [2.24, 2.45) is 5.92 Å². The molecule has 0 unspecified atom stereocenters. The molecule has 0 bridgehead atoms. The van der Waals surface area contributed by atoms with Crippen LogP contribution in [0.15, 0.2) is 58.3 Å². The van der Waals surface area contributed by atoms with Gasteiger partial charge in [0.15, 0.2) is 0 Å². The molecule has 1 fully saturated rings. The number of halogens is 1. The quantitative estimate of drug-likeness (QED) is 0.510. The van der Waals surface area contributed by atoms with Crippen LogP contribution >= 0.6 is 23.4 Å². The van der Waals surface area contributed by atoms with E-state index < -0.39 is 10.0 Å². The Balaban J connectivity index is 1.51. The molecule has 156 valence electrons. The number of rotatable bonds is 7. The third kappa shape index (κ3) is 5.98. The second-order valence-corrected chi connectivity index (χ2v) is 10.7. The van der Waals surface area contributed by atoms with Gasteiger partial charge in [-0.05, 0) is 56.2 Å². The molecule has 1 saturated heterocycles. The summed E-state index contributed by atoms with van der Waals surface area (Å²) in [4.78, 5) is 13.9. The van der Waals surface area contributed by atoms with Gasteiger partial charge in [0, 0.05) is 35.3 Å². The molecule has 1 amide bonds. The van der Waals surface area contributed by atoms with E-state index in [9.17, 15) is 13.2 Å². The molecule has 0 aromatic heterocycles. The number of hydrogen-bond donors (Lipinski definition) is 1. The van der Waals surface area contributed by atoms with Gasteiger partial charge >= 0.3 is 0 Å². The second kappa shape index (κ2) is 9.98. The van der Waals surface area contributed by atoms with Crippen LogP contribution in [0.3, 0.4) is 0 Å². The molecule has 0 radical (unpaired) electrons. The van der Waals surface area contributed by atoms with Gasteiger partial charge in [0.1, 0.15) is 0 Å². The van der Waals surface area contributed by atoms with Crippen LogP contribution in [0.1, 0.15) is 18.4 Å². The van der Waals surface area contributed by atoms with Crippen molar-refractivity contribution in [1.29, 1.82) is 0 Å². The number of sulfonamides is 1. The zero-order valence-electron chi connectivity index (χ0n) is 16.3. The predicted molar refractivity (Wildman–Crippen MR) is 118 cm³/mol. The van der Waals surface area contributed by atoms with Crippen LogP contribution in [0, 0.1) is 12.8 Å². The molecule has 0 spiro atoms. The monoisotopic (exact) mass is 452 g/mol. The summed E-state index contributed by atoms with van der Waals surface area (Å²) in [5, 5.41) is 3.65. The number of amides is 1. The van der Waals surface area contributed by atoms with Gasteiger partial charge in [-0.15, -0.1) is 11.8 Å². The van der Waals surface area contributed by atoms with Crippen molar-refractivity contribution in [2.75, 3.05) is 25.4 Å². The summed E-state index contributed by atoms with van der Waals surface area (Å²) in [5.41, 5.74) is 1.01. The lowest BCUT2D eigenvalue weighted by atomic mass is 9.99. The Morgan fingerprint density at radius 3 is 2.55 bits per heavy atom. The first kappa shape index (κ1) is 22.2. The third-order valence-electron chi connectivity index (χ3n) is 4.90. The molecule has 1 aliphatic rings. The SMILES string of the molecule is Cc1ccc(S(=O)(=O)N2CCC[C@@H](C(=O)NCCSc3ccc(Cl)cc3)C2)cc1. The van der Waals surface area contributed by atoms with Crippen LogP contribution in [0.2, 0.25) is 5.02 Å². The lowest BCUT2D eigenvalue weighted by Gasteiger charge is -2.31. The smallest absolute Gasteiger partial charge is 0.243 e. The van der Waals surface area contributed by atoms with E-state index in [1.54, 1.807) is 36.0 Å². The highest BCUT2D eigenvalue weighted by Crippen LogP contribution is 2.24. The normalized spacial score (nSPS) is 17.8. The fraction of sp³-hybridized carbons (Fsp3) is 0.381. The first-order valence-electron chi connectivity index (χ1n) is 9.59. The number of carbonyl (C=O) groups is 1. The Kier molecular flexibility index (Phi) is 7.62. The number of aryl methyl sites for hydroxylation is 1. The van der Waals surface area contributed by atoms with Crippen molar-refractivity contribution in [3.05, 3.63) is 59.1 Å². The zero-order valence-corrected chi connectivity index (χ0v) is 18.7. The van der Waals surface area contributed by atoms with Gasteiger partial charge in [0.05, 0.1) is 10.8 Å². The van der Waals surface area contributed by atoms with Crippen molar-refractivity contribution in [2.45, 2.75) is 29.6 Å². The average molecular weight is 453 g/mol. The molecule has 5 nitrogen and oxygen atoms in total. The number of carbonyl (C=O) groups excluding carboxylic acids is 1. The van der Waals surface area contributed by atoms with E-state index in [-0.39, 0.29) is 23.3 Å². The molecule has 29 heavy (non-hydrogen) atoms. The number of thioether (sulfide) groups is 1. The first-order chi connectivity index (χ1) is 13.9. The summed E-state index contributed by atoms with van der Waals surface area (Å²) < 4.78 is 27.2. The standard InChI is InChI=1S/C21H25ClN2O3S2/c1-16-4-10-20(11-5-16)29(26,27)24-13-2-3-17(15-24)21(25)23-12-14-28-19-8-6-18(22)7-9-19/h4-11,17H,2-3,12-15H2,1H3,(H,23,25)/t17-/m1/s1. The maximum atomic E-state index is 12.9. The minimum atomic E-state index is -3.57. The van der Waals surface area contributed by atoms with Crippen molar-refractivity contribution < 1.29 is 13.2 Å². The van der Waals surface area contributed by atoms with Crippen LogP contribution in [0.5, 0.6) is 0 Å². The van der Waals surface area contributed by atoms with E-state index in [0.717, 1.165) is 16.2 Å². The lowest BCUT2D eigenvalue weighted by Crippen LogP contribution is -2.45. The minimum Gasteiger partial charge on any atom is -0.355 e. The highest BCUT2D eigenvalue weighted by molar-refractivity contribution is 7.99. The van der Waals surface area contributed by atoms with Gasteiger partial charge in [0.2, 0.25) is 15.9 Å². The van der Waals surface area contributed by atoms with E-state index >= 15 is 0 Å².